The lowest BCUT2D eigenvalue weighted by Crippen LogP contribution is -2.00. The molecule has 0 aliphatic rings. The fraction of sp³-hybridized carbons (Fsp3) is 0.154. The smallest absolute Gasteiger partial charge is 0.141 e. The average Bonchev–Trinajstić information content (AvgIpc) is 2.38. The van der Waals surface area contributed by atoms with Crippen molar-refractivity contribution in [2.45, 2.75) is 13.2 Å². The fourth-order valence-corrected chi connectivity index (χ4v) is 1.91. The molecule has 18 heavy (non-hydrogen) atoms. The van der Waals surface area contributed by atoms with Crippen molar-refractivity contribution in [3.8, 4) is 5.75 Å². The molecule has 0 saturated heterocycles. The summed E-state index contributed by atoms with van der Waals surface area (Å²) in [5.74, 6) is 0.331. The molecule has 94 valence electrons. The van der Waals surface area contributed by atoms with Crippen LogP contribution in [-0.4, -0.2) is 4.98 Å². The number of benzene rings is 1. The molecule has 0 radical (unpaired) electrons. The molecule has 0 unspecified atom stereocenters. The third kappa shape index (κ3) is 3.27. The molecule has 1 heterocycles. The standard InChI is InChI=1S/C13H12BrFN2O/c14-13-2-1-12(4-10(13)5-16)18-8-9-3-11(15)7-17-6-9/h1-4,6-7H,5,8,16H2. The molecule has 0 aliphatic carbocycles. The van der Waals surface area contributed by atoms with Crippen LogP contribution >= 0.6 is 15.9 Å². The second-order valence-corrected chi connectivity index (χ2v) is 4.61. The highest BCUT2D eigenvalue weighted by Gasteiger charge is 2.02. The van der Waals surface area contributed by atoms with Gasteiger partial charge >= 0.3 is 0 Å². The number of hydrogen-bond acceptors (Lipinski definition) is 3. The summed E-state index contributed by atoms with van der Waals surface area (Å²) in [4.78, 5) is 3.76. The SMILES string of the molecule is NCc1cc(OCc2cncc(F)c2)ccc1Br. The lowest BCUT2D eigenvalue weighted by atomic mass is 10.2. The van der Waals surface area contributed by atoms with Crippen LogP contribution in [0.15, 0.2) is 41.1 Å². The lowest BCUT2D eigenvalue weighted by molar-refractivity contribution is 0.304. The summed E-state index contributed by atoms with van der Waals surface area (Å²) < 4.78 is 19.4. The van der Waals surface area contributed by atoms with Crippen molar-refractivity contribution < 1.29 is 9.13 Å². The van der Waals surface area contributed by atoms with E-state index in [-0.39, 0.29) is 12.4 Å². The first-order valence-corrected chi connectivity index (χ1v) is 6.19. The maximum absolute atomic E-state index is 12.9. The van der Waals surface area contributed by atoms with E-state index in [1.807, 2.05) is 18.2 Å². The Bertz CT molecular complexity index is 548. The van der Waals surface area contributed by atoms with Crippen molar-refractivity contribution >= 4 is 15.9 Å². The van der Waals surface area contributed by atoms with E-state index in [0.717, 1.165) is 16.2 Å². The van der Waals surface area contributed by atoms with Crippen LogP contribution in [0.3, 0.4) is 0 Å². The van der Waals surface area contributed by atoms with Crippen LogP contribution in [0.1, 0.15) is 11.1 Å². The monoisotopic (exact) mass is 310 g/mol. The first-order valence-electron chi connectivity index (χ1n) is 5.40. The number of ether oxygens (including phenoxy) is 1. The van der Waals surface area contributed by atoms with E-state index >= 15 is 0 Å². The minimum absolute atomic E-state index is 0.274. The molecule has 1 aromatic carbocycles. The van der Waals surface area contributed by atoms with Crippen molar-refractivity contribution in [1.82, 2.24) is 4.98 Å². The molecule has 3 nitrogen and oxygen atoms in total. The number of rotatable bonds is 4. The number of halogens is 2. The van der Waals surface area contributed by atoms with Crippen LogP contribution in [0, 0.1) is 5.82 Å². The zero-order valence-electron chi connectivity index (χ0n) is 9.57. The Hall–Kier alpha value is -1.46. The molecular formula is C13H12BrFN2O. The van der Waals surface area contributed by atoms with Gasteiger partial charge in [-0.1, -0.05) is 15.9 Å². The summed E-state index contributed by atoms with van der Waals surface area (Å²) in [6.07, 6.45) is 2.74. The van der Waals surface area contributed by atoms with Gasteiger partial charge < -0.3 is 10.5 Å². The highest BCUT2D eigenvalue weighted by molar-refractivity contribution is 9.10. The average molecular weight is 311 g/mol. The van der Waals surface area contributed by atoms with E-state index in [1.54, 1.807) is 6.20 Å². The minimum Gasteiger partial charge on any atom is -0.489 e. The zero-order chi connectivity index (χ0) is 13.0. The van der Waals surface area contributed by atoms with Gasteiger partial charge in [-0.05, 0) is 29.8 Å². The topological polar surface area (TPSA) is 48.1 Å². The first-order chi connectivity index (χ1) is 8.69. The Kier molecular flexibility index (Phi) is 4.28. The molecule has 0 fully saturated rings. The summed E-state index contributed by atoms with van der Waals surface area (Å²) in [5, 5.41) is 0. The van der Waals surface area contributed by atoms with Gasteiger partial charge in [0.2, 0.25) is 0 Å². The summed E-state index contributed by atoms with van der Waals surface area (Å²) in [6, 6.07) is 6.96. The van der Waals surface area contributed by atoms with Gasteiger partial charge in [0.25, 0.3) is 0 Å². The van der Waals surface area contributed by atoms with Gasteiger partial charge in [0.15, 0.2) is 0 Å². The Morgan fingerprint density at radius 2 is 2.11 bits per heavy atom. The summed E-state index contributed by atoms with van der Waals surface area (Å²) in [5.41, 5.74) is 7.25. The lowest BCUT2D eigenvalue weighted by Gasteiger charge is -2.08. The van der Waals surface area contributed by atoms with Crippen LogP contribution < -0.4 is 10.5 Å². The maximum Gasteiger partial charge on any atom is 0.141 e. The number of hydrogen-bond donors (Lipinski definition) is 1. The molecule has 5 heteroatoms. The van der Waals surface area contributed by atoms with Gasteiger partial charge in [0.05, 0.1) is 6.20 Å². The van der Waals surface area contributed by atoms with Gasteiger partial charge in [-0.2, -0.15) is 0 Å². The number of aromatic nitrogens is 1. The molecule has 0 aliphatic heterocycles. The number of nitrogens with two attached hydrogens (primary N) is 1. The predicted molar refractivity (Wildman–Crippen MR) is 70.6 cm³/mol. The molecule has 0 bridgehead atoms. The second kappa shape index (κ2) is 5.93. The second-order valence-electron chi connectivity index (χ2n) is 3.76. The van der Waals surface area contributed by atoms with E-state index in [9.17, 15) is 4.39 Å². The Labute approximate surface area is 113 Å². The largest absolute Gasteiger partial charge is 0.489 e. The molecule has 0 amide bonds. The highest BCUT2D eigenvalue weighted by atomic mass is 79.9. The van der Waals surface area contributed by atoms with Crippen molar-refractivity contribution in [2.75, 3.05) is 0 Å². The minimum atomic E-state index is -0.366. The van der Waals surface area contributed by atoms with E-state index in [2.05, 4.69) is 20.9 Å². The van der Waals surface area contributed by atoms with Crippen LogP contribution in [0.4, 0.5) is 4.39 Å². The normalized spacial score (nSPS) is 10.4. The Morgan fingerprint density at radius 1 is 1.28 bits per heavy atom. The summed E-state index contributed by atoms with van der Waals surface area (Å²) in [7, 11) is 0. The van der Waals surface area contributed by atoms with Crippen LogP contribution in [0.2, 0.25) is 0 Å². The van der Waals surface area contributed by atoms with Crippen LogP contribution in [0.5, 0.6) is 5.75 Å². The van der Waals surface area contributed by atoms with Crippen LogP contribution in [-0.2, 0) is 13.2 Å². The fourth-order valence-electron chi connectivity index (χ4n) is 1.50. The van der Waals surface area contributed by atoms with Crippen molar-refractivity contribution in [2.24, 2.45) is 5.73 Å². The van der Waals surface area contributed by atoms with Gasteiger partial charge in [0, 0.05) is 22.8 Å². The Morgan fingerprint density at radius 3 is 2.83 bits per heavy atom. The van der Waals surface area contributed by atoms with Crippen molar-refractivity contribution in [3.05, 3.63) is 58.1 Å². The quantitative estimate of drug-likeness (QED) is 0.944. The molecule has 2 N–H and O–H groups in total. The van der Waals surface area contributed by atoms with E-state index in [0.29, 0.717) is 17.9 Å². The number of nitrogens with zero attached hydrogens (tertiary/aromatic N) is 1. The van der Waals surface area contributed by atoms with Gasteiger partial charge in [-0.3, -0.25) is 4.98 Å². The summed E-state index contributed by atoms with van der Waals surface area (Å²) in [6.45, 7) is 0.704. The highest BCUT2D eigenvalue weighted by Crippen LogP contribution is 2.22. The molecule has 0 atom stereocenters. The Balaban J connectivity index is 2.06. The van der Waals surface area contributed by atoms with E-state index < -0.39 is 0 Å². The molecule has 2 aromatic rings. The molecule has 1 aromatic heterocycles. The van der Waals surface area contributed by atoms with Gasteiger partial charge in [0.1, 0.15) is 18.2 Å². The van der Waals surface area contributed by atoms with Crippen LogP contribution in [0.25, 0.3) is 0 Å². The summed E-state index contributed by atoms with van der Waals surface area (Å²) >= 11 is 3.40. The zero-order valence-corrected chi connectivity index (χ0v) is 11.2. The van der Waals surface area contributed by atoms with Gasteiger partial charge in [-0.25, -0.2) is 4.39 Å². The predicted octanol–water partition coefficient (Wildman–Crippen LogP) is 3.02. The third-order valence-electron chi connectivity index (χ3n) is 2.40. The van der Waals surface area contributed by atoms with E-state index in [4.69, 9.17) is 10.5 Å². The van der Waals surface area contributed by atoms with Crippen molar-refractivity contribution in [3.63, 3.8) is 0 Å². The van der Waals surface area contributed by atoms with Gasteiger partial charge in [-0.15, -0.1) is 0 Å². The molecule has 2 rings (SSSR count). The molecular weight excluding hydrogens is 299 g/mol. The maximum atomic E-state index is 12.9. The van der Waals surface area contributed by atoms with Crippen molar-refractivity contribution in [1.29, 1.82) is 0 Å². The number of pyridine rings is 1. The molecule has 0 saturated carbocycles. The molecule has 0 spiro atoms. The first kappa shape index (κ1) is 13.0. The van der Waals surface area contributed by atoms with E-state index in [1.165, 1.54) is 6.07 Å². The third-order valence-corrected chi connectivity index (χ3v) is 3.18.